The predicted octanol–water partition coefficient (Wildman–Crippen LogP) is 1.57. The molecule has 1 aromatic carbocycles. The number of nitrogens with zero attached hydrogens (tertiary/aromatic N) is 1. The quantitative estimate of drug-likeness (QED) is 0.849. The van der Waals surface area contributed by atoms with E-state index in [9.17, 15) is 4.79 Å². The summed E-state index contributed by atoms with van der Waals surface area (Å²) in [5, 5.41) is 0. The molecule has 1 aromatic heterocycles. The van der Waals surface area contributed by atoms with E-state index in [1.807, 2.05) is 12.1 Å². The molecular formula is C11H10N2O3. The Morgan fingerprint density at radius 1 is 1.25 bits per heavy atom. The predicted molar refractivity (Wildman–Crippen MR) is 57.9 cm³/mol. The highest BCUT2D eigenvalue weighted by Crippen LogP contribution is 2.23. The first-order valence-corrected chi connectivity index (χ1v) is 4.64. The molecular weight excluding hydrogens is 208 g/mol. The minimum absolute atomic E-state index is 0.405. The summed E-state index contributed by atoms with van der Waals surface area (Å²) in [6, 6.07) is 7.16. The van der Waals surface area contributed by atoms with Crippen LogP contribution in [0.15, 0.2) is 41.5 Å². The average molecular weight is 218 g/mol. The molecule has 0 spiro atoms. The van der Waals surface area contributed by atoms with Gasteiger partial charge in [0.1, 0.15) is 11.5 Å². The Bertz CT molecular complexity index is 516. The lowest BCUT2D eigenvalue weighted by Crippen LogP contribution is -2.07. The van der Waals surface area contributed by atoms with E-state index in [1.54, 1.807) is 19.2 Å². The Morgan fingerprint density at radius 3 is 2.75 bits per heavy atom. The molecule has 16 heavy (non-hydrogen) atoms. The van der Waals surface area contributed by atoms with Gasteiger partial charge in [-0.15, -0.1) is 0 Å². The van der Waals surface area contributed by atoms with Gasteiger partial charge in [0.15, 0.2) is 5.75 Å². The minimum Gasteiger partial charge on any atom is -0.497 e. The van der Waals surface area contributed by atoms with Crippen LogP contribution in [0.4, 0.5) is 0 Å². The first-order valence-electron chi connectivity index (χ1n) is 4.64. The van der Waals surface area contributed by atoms with Gasteiger partial charge < -0.3 is 14.5 Å². The van der Waals surface area contributed by atoms with Crippen LogP contribution in [0.2, 0.25) is 0 Å². The molecule has 1 N–H and O–H groups in total. The number of rotatable bonds is 3. The first kappa shape index (κ1) is 10.2. The van der Waals surface area contributed by atoms with Gasteiger partial charge in [0.05, 0.1) is 19.5 Å². The van der Waals surface area contributed by atoms with Gasteiger partial charge in [-0.05, 0) is 12.1 Å². The van der Waals surface area contributed by atoms with E-state index < -0.39 is 5.69 Å². The van der Waals surface area contributed by atoms with Gasteiger partial charge in [-0.2, -0.15) is 4.98 Å². The van der Waals surface area contributed by atoms with Crippen molar-refractivity contribution in [1.82, 2.24) is 9.97 Å². The fourth-order valence-corrected chi connectivity index (χ4v) is 1.19. The molecule has 0 radical (unpaired) electrons. The zero-order chi connectivity index (χ0) is 11.4. The molecule has 5 heteroatoms. The summed E-state index contributed by atoms with van der Waals surface area (Å²) >= 11 is 0. The molecule has 0 amide bonds. The highest BCUT2D eigenvalue weighted by atomic mass is 16.5. The summed E-state index contributed by atoms with van der Waals surface area (Å²) < 4.78 is 10.5. The number of aromatic amines is 1. The fourth-order valence-electron chi connectivity index (χ4n) is 1.19. The van der Waals surface area contributed by atoms with E-state index in [2.05, 4.69) is 9.97 Å². The zero-order valence-corrected chi connectivity index (χ0v) is 8.64. The van der Waals surface area contributed by atoms with E-state index in [0.717, 1.165) is 0 Å². The van der Waals surface area contributed by atoms with E-state index >= 15 is 0 Å². The third-order valence-electron chi connectivity index (χ3n) is 1.92. The monoisotopic (exact) mass is 218 g/mol. The smallest absolute Gasteiger partial charge is 0.345 e. The van der Waals surface area contributed by atoms with Gasteiger partial charge in [-0.1, -0.05) is 6.07 Å². The second-order valence-corrected chi connectivity index (χ2v) is 3.04. The summed E-state index contributed by atoms with van der Waals surface area (Å²) in [4.78, 5) is 16.7. The van der Waals surface area contributed by atoms with Gasteiger partial charge in [0.2, 0.25) is 0 Å². The Labute approximate surface area is 91.7 Å². The lowest BCUT2D eigenvalue weighted by atomic mass is 10.3. The SMILES string of the molecule is COc1cccc(Oc2cnc(=O)[nH]c2)c1. The average Bonchev–Trinajstić information content (AvgIpc) is 2.32. The van der Waals surface area contributed by atoms with Crippen LogP contribution in [0.1, 0.15) is 0 Å². The Hall–Kier alpha value is -2.30. The Kier molecular flexibility index (Phi) is 2.86. The van der Waals surface area contributed by atoms with Crippen molar-refractivity contribution < 1.29 is 9.47 Å². The molecule has 0 aliphatic carbocycles. The lowest BCUT2D eigenvalue weighted by Gasteiger charge is -2.05. The molecule has 0 saturated heterocycles. The first-order chi connectivity index (χ1) is 7.78. The number of hydrogen-bond acceptors (Lipinski definition) is 4. The van der Waals surface area contributed by atoms with Crippen LogP contribution in [-0.4, -0.2) is 17.1 Å². The second-order valence-electron chi connectivity index (χ2n) is 3.04. The number of nitrogens with one attached hydrogen (secondary N) is 1. The second kappa shape index (κ2) is 4.48. The number of hydrogen-bond donors (Lipinski definition) is 1. The van der Waals surface area contributed by atoms with Crippen LogP contribution in [0, 0.1) is 0 Å². The van der Waals surface area contributed by atoms with Gasteiger partial charge in [0, 0.05) is 6.07 Å². The highest BCUT2D eigenvalue weighted by Gasteiger charge is 1.99. The third kappa shape index (κ3) is 2.38. The van der Waals surface area contributed by atoms with Gasteiger partial charge >= 0.3 is 5.69 Å². The maximum absolute atomic E-state index is 10.7. The van der Waals surface area contributed by atoms with Crippen LogP contribution in [0.5, 0.6) is 17.2 Å². The summed E-state index contributed by atoms with van der Waals surface area (Å²) in [7, 11) is 1.58. The summed E-state index contributed by atoms with van der Waals surface area (Å²) in [5.74, 6) is 1.79. The fraction of sp³-hybridized carbons (Fsp3) is 0.0909. The Morgan fingerprint density at radius 2 is 2.06 bits per heavy atom. The molecule has 2 rings (SSSR count). The van der Waals surface area contributed by atoms with Gasteiger partial charge in [-0.3, -0.25) is 0 Å². The van der Waals surface area contributed by atoms with E-state index in [4.69, 9.17) is 9.47 Å². The summed E-state index contributed by atoms with van der Waals surface area (Å²) in [6.45, 7) is 0. The molecule has 0 unspecified atom stereocenters. The molecule has 0 aliphatic heterocycles. The minimum atomic E-state index is -0.405. The van der Waals surface area contributed by atoms with Crippen LogP contribution in [0.25, 0.3) is 0 Å². The molecule has 0 fully saturated rings. The Balaban J connectivity index is 2.20. The highest BCUT2D eigenvalue weighted by molar-refractivity contribution is 5.35. The molecule has 0 bridgehead atoms. The van der Waals surface area contributed by atoms with Gasteiger partial charge in [-0.25, -0.2) is 4.79 Å². The van der Waals surface area contributed by atoms with Crippen molar-refractivity contribution in [3.8, 4) is 17.2 Å². The molecule has 5 nitrogen and oxygen atoms in total. The van der Waals surface area contributed by atoms with Crippen molar-refractivity contribution in [2.24, 2.45) is 0 Å². The van der Waals surface area contributed by atoms with Crippen LogP contribution < -0.4 is 15.2 Å². The standard InChI is InChI=1S/C11H10N2O3/c1-15-8-3-2-4-9(5-8)16-10-6-12-11(14)13-7-10/h2-7H,1H3,(H,12,13,14). The van der Waals surface area contributed by atoms with E-state index in [-0.39, 0.29) is 0 Å². The van der Waals surface area contributed by atoms with Crippen LogP contribution in [-0.2, 0) is 0 Å². The third-order valence-corrected chi connectivity index (χ3v) is 1.92. The van der Waals surface area contributed by atoms with E-state index in [1.165, 1.54) is 12.4 Å². The van der Waals surface area contributed by atoms with E-state index in [0.29, 0.717) is 17.2 Å². The largest absolute Gasteiger partial charge is 0.497 e. The van der Waals surface area contributed by atoms with Crippen molar-refractivity contribution in [3.05, 3.63) is 47.1 Å². The summed E-state index contributed by atoms with van der Waals surface area (Å²) in [5.41, 5.74) is -0.405. The molecule has 82 valence electrons. The number of ether oxygens (including phenoxy) is 2. The number of benzene rings is 1. The lowest BCUT2D eigenvalue weighted by molar-refractivity contribution is 0.408. The van der Waals surface area contributed by atoms with Crippen molar-refractivity contribution >= 4 is 0 Å². The topological polar surface area (TPSA) is 64.2 Å². The van der Waals surface area contributed by atoms with Gasteiger partial charge in [0.25, 0.3) is 0 Å². The van der Waals surface area contributed by atoms with Crippen molar-refractivity contribution in [3.63, 3.8) is 0 Å². The molecule has 0 saturated carbocycles. The summed E-state index contributed by atoms with van der Waals surface area (Å²) in [6.07, 6.45) is 2.81. The number of aromatic nitrogens is 2. The van der Waals surface area contributed by atoms with Crippen molar-refractivity contribution in [1.29, 1.82) is 0 Å². The molecule has 0 atom stereocenters. The van der Waals surface area contributed by atoms with Crippen LogP contribution in [0.3, 0.4) is 0 Å². The maximum Gasteiger partial charge on any atom is 0.345 e. The van der Waals surface area contributed by atoms with Crippen molar-refractivity contribution in [2.75, 3.05) is 7.11 Å². The molecule has 0 aliphatic rings. The zero-order valence-electron chi connectivity index (χ0n) is 8.64. The molecule has 1 heterocycles. The number of methoxy groups -OCH3 is 1. The van der Waals surface area contributed by atoms with Crippen LogP contribution >= 0.6 is 0 Å². The number of H-pyrrole nitrogens is 1. The normalized spacial score (nSPS) is 9.81. The van der Waals surface area contributed by atoms with Crippen molar-refractivity contribution in [2.45, 2.75) is 0 Å². The molecule has 2 aromatic rings. The maximum atomic E-state index is 10.7.